The number of hydrogen-bond donors (Lipinski definition) is 4. The van der Waals surface area contributed by atoms with Gasteiger partial charge >= 0.3 is 6.03 Å². The van der Waals surface area contributed by atoms with Crippen molar-refractivity contribution in [3.63, 3.8) is 0 Å². The van der Waals surface area contributed by atoms with E-state index in [4.69, 9.17) is 19.4 Å². The van der Waals surface area contributed by atoms with Crippen LogP contribution in [0.25, 0.3) is 11.4 Å². The van der Waals surface area contributed by atoms with Gasteiger partial charge in [-0.05, 0) is 43.3 Å². The van der Waals surface area contributed by atoms with E-state index in [2.05, 4.69) is 20.9 Å². The Hall–Kier alpha value is -3.73. The molecule has 10 heteroatoms. The van der Waals surface area contributed by atoms with Gasteiger partial charge in [-0.2, -0.15) is 0 Å². The maximum absolute atomic E-state index is 12.3. The lowest BCUT2D eigenvalue weighted by atomic mass is 10.2. The number of para-hydroxylation sites is 1. The molecule has 1 saturated heterocycles. The van der Waals surface area contributed by atoms with Crippen molar-refractivity contribution < 1.29 is 19.4 Å². The van der Waals surface area contributed by atoms with Gasteiger partial charge in [-0.1, -0.05) is 18.2 Å². The van der Waals surface area contributed by atoms with E-state index < -0.39 is 0 Å². The summed E-state index contributed by atoms with van der Waals surface area (Å²) in [6.45, 7) is 6.29. The third-order valence-electron chi connectivity index (χ3n) is 5.54. The molecule has 3 aromatic rings. The Kier molecular flexibility index (Phi) is 9.03. The Labute approximate surface area is 210 Å². The number of aromatic nitrogens is 2. The van der Waals surface area contributed by atoms with Crippen molar-refractivity contribution in [2.45, 2.75) is 13.5 Å². The normalized spacial score (nSPS) is 13.7. The Bertz CT molecular complexity index is 1120. The van der Waals surface area contributed by atoms with Crippen molar-refractivity contribution in [2.75, 3.05) is 62.0 Å². The lowest BCUT2D eigenvalue weighted by molar-refractivity contribution is 0.0332. The molecule has 1 aromatic heterocycles. The van der Waals surface area contributed by atoms with E-state index in [1.165, 1.54) is 0 Å². The van der Waals surface area contributed by atoms with Gasteiger partial charge < -0.3 is 30.5 Å². The lowest BCUT2D eigenvalue weighted by Gasteiger charge is -2.27. The molecule has 190 valence electrons. The van der Waals surface area contributed by atoms with Crippen LogP contribution in [0.3, 0.4) is 0 Å². The van der Waals surface area contributed by atoms with Crippen molar-refractivity contribution in [1.82, 2.24) is 14.9 Å². The summed E-state index contributed by atoms with van der Waals surface area (Å²) >= 11 is 0. The average Bonchev–Trinajstić information content (AvgIpc) is 2.90. The fourth-order valence-corrected chi connectivity index (χ4v) is 3.81. The summed E-state index contributed by atoms with van der Waals surface area (Å²) in [4.78, 5) is 24.1. The molecular formula is C26H32N6O4. The Balaban J connectivity index is 1.55. The molecule has 0 saturated carbocycles. The van der Waals surface area contributed by atoms with E-state index in [0.717, 1.165) is 24.3 Å². The molecule has 2 aromatic carbocycles. The van der Waals surface area contributed by atoms with Crippen LogP contribution in [0.2, 0.25) is 0 Å². The third kappa shape index (κ3) is 6.91. The van der Waals surface area contributed by atoms with Crippen molar-refractivity contribution >= 4 is 23.2 Å². The van der Waals surface area contributed by atoms with Crippen molar-refractivity contribution in [3.05, 3.63) is 60.3 Å². The topological polar surface area (TPSA) is 121 Å². The average molecular weight is 493 g/mol. The van der Waals surface area contributed by atoms with Gasteiger partial charge in [0.1, 0.15) is 5.69 Å². The minimum Gasteiger partial charge on any atom is -0.488 e. The first-order chi connectivity index (χ1) is 17.7. The fourth-order valence-electron chi connectivity index (χ4n) is 3.81. The van der Waals surface area contributed by atoms with Crippen LogP contribution in [0.1, 0.15) is 12.6 Å². The second-order valence-corrected chi connectivity index (χ2v) is 8.17. The smallest absolute Gasteiger partial charge is 0.323 e. The molecule has 0 unspecified atom stereocenters. The van der Waals surface area contributed by atoms with E-state index in [1.807, 2.05) is 61.5 Å². The molecular weight excluding hydrogens is 460 g/mol. The van der Waals surface area contributed by atoms with E-state index in [9.17, 15) is 9.90 Å². The summed E-state index contributed by atoms with van der Waals surface area (Å²) < 4.78 is 11.4. The predicted octanol–water partition coefficient (Wildman–Crippen LogP) is 3.42. The first-order valence-electron chi connectivity index (χ1n) is 12.1. The third-order valence-corrected chi connectivity index (χ3v) is 5.54. The molecule has 2 amide bonds. The molecule has 0 spiro atoms. The van der Waals surface area contributed by atoms with Crippen LogP contribution in [0, 0.1) is 0 Å². The summed E-state index contributed by atoms with van der Waals surface area (Å²) in [5.41, 5.74) is 2.92. The van der Waals surface area contributed by atoms with Gasteiger partial charge in [-0.25, -0.2) is 14.8 Å². The molecule has 0 radical (unpaired) electrons. The van der Waals surface area contributed by atoms with E-state index >= 15 is 0 Å². The number of anilines is 3. The van der Waals surface area contributed by atoms with Gasteiger partial charge in [0, 0.05) is 43.1 Å². The molecule has 36 heavy (non-hydrogen) atoms. The highest BCUT2D eigenvalue weighted by Gasteiger charge is 2.20. The van der Waals surface area contributed by atoms with Crippen LogP contribution in [0.15, 0.2) is 54.6 Å². The number of morpholine rings is 1. The van der Waals surface area contributed by atoms with E-state index in [1.54, 1.807) is 0 Å². The molecule has 1 aliphatic rings. The standard InChI is InChI=1S/C26H32N6O4/c1-2-36-23-22(18-32-13-16-35-17-14-32)30-24(31-25(23)27-12-15-33)19-8-10-21(11-9-19)29-26(34)28-20-6-4-3-5-7-20/h3-11,33H,2,12-18H2,1H3,(H,27,30,31)(H2,28,29,34). The zero-order valence-corrected chi connectivity index (χ0v) is 20.4. The maximum atomic E-state index is 12.3. The largest absolute Gasteiger partial charge is 0.488 e. The first-order valence-corrected chi connectivity index (χ1v) is 12.1. The first kappa shape index (κ1) is 25.4. The zero-order valence-electron chi connectivity index (χ0n) is 20.4. The SMILES string of the molecule is CCOc1c(CN2CCOCC2)nc(-c2ccc(NC(=O)Nc3ccccc3)cc2)nc1NCCO. The molecule has 10 nitrogen and oxygen atoms in total. The van der Waals surface area contributed by atoms with Gasteiger partial charge in [-0.15, -0.1) is 0 Å². The second-order valence-electron chi connectivity index (χ2n) is 8.17. The van der Waals surface area contributed by atoms with E-state index in [0.29, 0.717) is 61.7 Å². The number of aliphatic hydroxyl groups excluding tert-OH is 1. The summed E-state index contributed by atoms with van der Waals surface area (Å²) in [7, 11) is 0. The van der Waals surface area contributed by atoms with Gasteiger partial charge in [0.2, 0.25) is 0 Å². The number of nitrogens with one attached hydrogen (secondary N) is 3. The number of amides is 2. The monoisotopic (exact) mass is 492 g/mol. The summed E-state index contributed by atoms with van der Waals surface area (Å²) in [6.07, 6.45) is 0. The highest BCUT2D eigenvalue weighted by Crippen LogP contribution is 2.31. The zero-order chi connectivity index (χ0) is 25.2. The minimum absolute atomic E-state index is 0.0326. The van der Waals surface area contributed by atoms with Crippen LogP contribution < -0.4 is 20.7 Å². The minimum atomic E-state index is -0.324. The molecule has 1 aliphatic heterocycles. The van der Waals surface area contributed by atoms with Gasteiger partial charge in [-0.3, -0.25) is 4.90 Å². The number of carbonyl (C=O) groups excluding carboxylic acids is 1. The molecule has 4 N–H and O–H groups in total. The number of rotatable bonds is 10. The van der Waals surface area contributed by atoms with Gasteiger partial charge in [0.25, 0.3) is 0 Å². The number of ether oxygens (including phenoxy) is 2. The molecule has 0 aliphatic carbocycles. The highest BCUT2D eigenvalue weighted by molar-refractivity contribution is 5.99. The van der Waals surface area contributed by atoms with Crippen molar-refractivity contribution in [1.29, 1.82) is 0 Å². The molecule has 0 atom stereocenters. The van der Waals surface area contributed by atoms with Crippen LogP contribution >= 0.6 is 0 Å². The van der Waals surface area contributed by atoms with Crippen LogP contribution in [-0.2, 0) is 11.3 Å². The number of hydrogen-bond acceptors (Lipinski definition) is 8. The van der Waals surface area contributed by atoms with Gasteiger partial charge in [0.05, 0.1) is 26.4 Å². The van der Waals surface area contributed by atoms with Gasteiger partial charge in [0.15, 0.2) is 17.4 Å². The maximum Gasteiger partial charge on any atom is 0.323 e. The quantitative estimate of drug-likeness (QED) is 0.340. The second kappa shape index (κ2) is 12.8. The molecule has 1 fully saturated rings. The summed E-state index contributed by atoms with van der Waals surface area (Å²) in [5.74, 6) is 1.67. The lowest BCUT2D eigenvalue weighted by Crippen LogP contribution is -2.36. The number of carbonyl (C=O) groups is 1. The molecule has 0 bridgehead atoms. The number of aliphatic hydroxyl groups is 1. The summed E-state index contributed by atoms with van der Waals surface area (Å²) in [5, 5.41) is 18.1. The molecule has 2 heterocycles. The number of benzene rings is 2. The van der Waals surface area contributed by atoms with Crippen LogP contribution in [0.5, 0.6) is 5.75 Å². The Morgan fingerprint density at radius 1 is 1.03 bits per heavy atom. The number of urea groups is 1. The Morgan fingerprint density at radius 2 is 1.72 bits per heavy atom. The van der Waals surface area contributed by atoms with Crippen LogP contribution in [0.4, 0.5) is 22.0 Å². The Morgan fingerprint density at radius 3 is 2.39 bits per heavy atom. The predicted molar refractivity (Wildman–Crippen MR) is 139 cm³/mol. The van der Waals surface area contributed by atoms with E-state index in [-0.39, 0.29) is 12.6 Å². The van der Waals surface area contributed by atoms with Crippen LogP contribution in [-0.4, -0.2) is 72.1 Å². The summed E-state index contributed by atoms with van der Waals surface area (Å²) in [6, 6.07) is 16.3. The molecule has 4 rings (SSSR count). The highest BCUT2D eigenvalue weighted by atomic mass is 16.5. The van der Waals surface area contributed by atoms with Crippen molar-refractivity contribution in [3.8, 4) is 17.1 Å². The van der Waals surface area contributed by atoms with Crippen molar-refractivity contribution in [2.24, 2.45) is 0 Å². The number of nitrogens with zero attached hydrogens (tertiary/aromatic N) is 3. The fraction of sp³-hybridized carbons (Fsp3) is 0.346.